The van der Waals surface area contributed by atoms with E-state index in [0.29, 0.717) is 11.0 Å². The number of urea groups is 1. The van der Waals surface area contributed by atoms with Gasteiger partial charge >= 0.3 is 6.03 Å². The van der Waals surface area contributed by atoms with Crippen LogP contribution in [0.25, 0.3) is 0 Å². The molecule has 2 saturated heterocycles. The summed E-state index contributed by atoms with van der Waals surface area (Å²) in [6.07, 6.45) is 2.11. The van der Waals surface area contributed by atoms with E-state index >= 15 is 0 Å². The third-order valence-corrected chi connectivity index (χ3v) is 4.81. The summed E-state index contributed by atoms with van der Waals surface area (Å²) in [6, 6.07) is 0.448. The molecule has 2 rings (SSSR count). The van der Waals surface area contributed by atoms with Crippen molar-refractivity contribution in [3.8, 4) is 0 Å². The molecule has 1 atom stereocenters. The van der Waals surface area contributed by atoms with Crippen LogP contribution in [0.4, 0.5) is 4.79 Å². The van der Waals surface area contributed by atoms with Crippen LogP contribution in [0, 0.1) is 5.41 Å². The minimum Gasteiger partial charge on any atom is -0.393 e. The number of hydrogen-bond acceptors (Lipinski definition) is 3. The molecule has 2 amide bonds. The highest BCUT2D eigenvalue weighted by Crippen LogP contribution is 2.23. The van der Waals surface area contributed by atoms with Gasteiger partial charge in [-0.3, -0.25) is 4.90 Å². The maximum Gasteiger partial charge on any atom is 0.317 e. The van der Waals surface area contributed by atoms with E-state index in [1.54, 1.807) is 0 Å². The molecule has 0 aromatic carbocycles. The van der Waals surface area contributed by atoms with Gasteiger partial charge in [-0.2, -0.15) is 0 Å². The third kappa shape index (κ3) is 3.36. The summed E-state index contributed by atoms with van der Waals surface area (Å²) >= 11 is 5.09. The molecule has 6 heteroatoms. The lowest BCUT2D eigenvalue weighted by molar-refractivity contribution is 0.118. The van der Waals surface area contributed by atoms with Gasteiger partial charge < -0.3 is 16.0 Å². The molecule has 2 aliphatic heterocycles. The fourth-order valence-corrected chi connectivity index (χ4v) is 2.84. The molecule has 2 fully saturated rings. The molecule has 108 valence electrons. The number of carbonyl (C=O) groups is 1. The Labute approximate surface area is 120 Å². The summed E-state index contributed by atoms with van der Waals surface area (Å²) in [7, 11) is 0. The van der Waals surface area contributed by atoms with Gasteiger partial charge in [-0.15, -0.1) is 0 Å². The van der Waals surface area contributed by atoms with Crippen molar-refractivity contribution < 1.29 is 4.79 Å². The lowest BCUT2D eigenvalue weighted by atomic mass is 9.88. The first-order valence-corrected chi connectivity index (χ1v) is 7.38. The minimum absolute atomic E-state index is 0.0535. The normalized spacial score (nSPS) is 24.2. The molecule has 0 aromatic heterocycles. The summed E-state index contributed by atoms with van der Waals surface area (Å²) in [4.78, 5) is 16.5. The van der Waals surface area contributed by atoms with Gasteiger partial charge in [0.2, 0.25) is 0 Å². The molecule has 2 heterocycles. The minimum atomic E-state index is -0.0535. The van der Waals surface area contributed by atoms with Gasteiger partial charge in [-0.05, 0) is 19.4 Å². The highest BCUT2D eigenvalue weighted by atomic mass is 32.1. The summed E-state index contributed by atoms with van der Waals surface area (Å²) in [5.41, 5.74) is 5.69. The fourth-order valence-electron chi connectivity index (χ4n) is 2.74. The van der Waals surface area contributed by atoms with Gasteiger partial charge in [0.25, 0.3) is 0 Å². The van der Waals surface area contributed by atoms with Gasteiger partial charge in [0.05, 0.1) is 11.0 Å². The summed E-state index contributed by atoms with van der Waals surface area (Å²) in [5.74, 6) is 0. The van der Waals surface area contributed by atoms with Gasteiger partial charge in [-0.25, -0.2) is 4.79 Å². The number of amides is 2. The second-order valence-corrected chi connectivity index (χ2v) is 6.63. The lowest BCUT2D eigenvalue weighted by Crippen LogP contribution is -2.52. The third-order valence-electron chi connectivity index (χ3n) is 4.26. The molecule has 5 nitrogen and oxygen atoms in total. The molecule has 0 saturated carbocycles. The van der Waals surface area contributed by atoms with E-state index < -0.39 is 0 Å². The fraction of sp³-hybridized carbons (Fsp3) is 0.846. The predicted molar refractivity (Wildman–Crippen MR) is 80.1 cm³/mol. The Morgan fingerprint density at radius 1 is 1.53 bits per heavy atom. The maximum absolute atomic E-state index is 11.5. The van der Waals surface area contributed by atoms with Gasteiger partial charge in [0.15, 0.2) is 0 Å². The molecule has 0 spiro atoms. The zero-order valence-electron chi connectivity index (χ0n) is 11.8. The standard InChI is InChI=1S/C13H24N4OS/c1-13(2,11(14)19)4-3-5-16-6-7-17-10(9-16)8-15-12(17)18/h10H,3-9H2,1-2H3,(H2,14,19)(H,15,18). The van der Waals surface area contributed by atoms with Crippen LogP contribution in [0.2, 0.25) is 0 Å². The smallest absolute Gasteiger partial charge is 0.317 e. The van der Waals surface area contributed by atoms with Crippen molar-refractivity contribution in [3.63, 3.8) is 0 Å². The first-order chi connectivity index (χ1) is 8.90. The molecule has 19 heavy (non-hydrogen) atoms. The van der Waals surface area contributed by atoms with Crippen LogP contribution in [0.3, 0.4) is 0 Å². The molecule has 3 N–H and O–H groups in total. The van der Waals surface area contributed by atoms with Crippen molar-refractivity contribution in [3.05, 3.63) is 0 Å². The number of rotatable bonds is 5. The topological polar surface area (TPSA) is 61.6 Å². The number of piperazine rings is 1. The van der Waals surface area contributed by atoms with Crippen LogP contribution in [0.1, 0.15) is 26.7 Å². The van der Waals surface area contributed by atoms with Crippen molar-refractivity contribution in [2.45, 2.75) is 32.7 Å². The first-order valence-electron chi connectivity index (χ1n) is 6.97. The molecular weight excluding hydrogens is 260 g/mol. The summed E-state index contributed by atoms with van der Waals surface area (Å²) in [5, 5.41) is 2.90. The van der Waals surface area contributed by atoms with E-state index in [4.69, 9.17) is 18.0 Å². The number of nitrogens with zero attached hydrogens (tertiary/aromatic N) is 2. The van der Waals surface area contributed by atoms with Crippen molar-refractivity contribution in [1.82, 2.24) is 15.1 Å². The molecule has 2 aliphatic rings. The Morgan fingerprint density at radius 2 is 2.26 bits per heavy atom. The van der Waals surface area contributed by atoms with Crippen LogP contribution >= 0.6 is 12.2 Å². The van der Waals surface area contributed by atoms with E-state index in [9.17, 15) is 4.79 Å². The lowest BCUT2D eigenvalue weighted by Gasteiger charge is -2.36. The van der Waals surface area contributed by atoms with Gasteiger partial charge in [0.1, 0.15) is 0 Å². The zero-order chi connectivity index (χ0) is 14.0. The zero-order valence-corrected chi connectivity index (χ0v) is 12.6. The average Bonchev–Trinajstić information content (AvgIpc) is 2.70. The second-order valence-electron chi connectivity index (χ2n) is 6.19. The summed E-state index contributed by atoms with van der Waals surface area (Å²) in [6.45, 7) is 8.84. The van der Waals surface area contributed by atoms with E-state index in [-0.39, 0.29) is 11.4 Å². The average molecular weight is 284 g/mol. The number of nitrogens with one attached hydrogen (secondary N) is 1. The quantitative estimate of drug-likeness (QED) is 0.733. The van der Waals surface area contributed by atoms with Crippen LogP contribution in [0.15, 0.2) is 0 Å². The Kier molecular flexibility index (Phi) is 4.30. The van der Waals surface area contributed by atoms with Crippen molar-refractivity contribution in [2.75, 3.05) is 32.7 Å². The Morgan fingerprint density at radius 3 is 2.95 bits per heavy atom. The SMILES string of the molecule is CC(C)(CCCN1CCN2C(=O)NCC2C1)C(N)=S. The summed E-state index contributed by atoms with van der Waals surface area (Å²) < 4.78 is 0. The molecule has 0 radical (unpaired) electrons. The van der Waals surface area contributed by atoms with Crippen molar-refractivity contribution in [1.29, 1.82) is 0 Å². The molecule has 0 aliphatic carbocycles. The Bertz CT molecular complexity index is 372. The van der Waals surface area contributed by atoms with E-state index in [1.165, 1.54) is 0 Å². The van der Waals surface area contributed by atoms with Crippen LogP contribution < -0.4 is 11.1 Å². The molecule has 0 aromatic rings. The highest BCUT2D eigenvalue weighted by Gasteiger charge is 2.35. The Balaban J connectivity index is 1.74. The van der Waals surface area contributed by atoms with Crippen LogP contribution in [-0.4, -0.2) is 59.6 Å². The van der Waals surface area contributed by atoms with Crippen LogP contribution in [-0.2, 0) is 0 Å². The predicted octanol–water partition coefficient (Wildman–Crippen LogP) is 0.788. The van der Waals surface area contributed by atoms with E-state index in [0.717, 1.165) is 45.6 Å². The number of thiocarbonyl (C=S) groups is 1. The van der Waals surface area contributed by atoms with Crippen molar-refractivity contribution in [2.24, 2.45) is 11.1 Å². The van der Waals surface area contributed by atoms with Gasteiger partial charge in [-0.1, -0.05) is 26.1 Å². The maximum atomic E-state index is 11.5. The van der Waals surface area contributed by atoms with E-state index in [1.807, 2.05) is 4.90 Å². The number of fused-ring (bicyclic) bond motifs is 1. The van der Waals surface area contributed by atoms with Crippen LogP contribution in [0.5, 0.6) is 0 Å². The second kappa shape index (κ2) is 5.63. The number of nitrogens with two attached hydrogens (primary N) is 1. The van der Waals surface area contributed by atoms with Gasteiger partial charge in [0, 0.05) is 31.6 Å². The number of carbonyl (C=O) groups excluding carboxylic acids is 1. The van der Waals surface area contributed by atoms with E-state index in [2.05, 4.69) is 24.1 Å². The molecule has 1 unspecified atom stereocenters. The monoisotopic (exact) mass is 284 g/mol. The van der Waals surface area contributed by atoms with Crippen molar-refractivity contribution >= 4 is 23.2 Å². The Hall–Kier alpha value is -0.880. The molecular formula is C13H24N4OS. The first kappa shape index (κ1) is 14.5. The molecule has 0 bridgehead atoms. The largest absolute Gasteiger partial charge is 0.393 e. The number of hydrogen-bond donors (Lipinski definition) is 2. The highest BCUT2D eigenvalue weighted by molar-refractivity contribution is 7.80.